The van der Waals surface area contributed by atoms with Gasteiger partial charge in [0.1, 0.15) is 15.8 Å². The van der Waals surface area contributed by atoms with Crippen LogP contribution in [0.5, 0.6) is 11.5 Å². The number of fused-ring (bicyclic) bond motifs is 1. The Morgan fingerprint density at radius 1 is 0.968 bits per heavy atom. The van der Waals surface area contributed by atoms with Crippen LogP contribution in [0.3, 0.4) is 0 Å². The fourth-order valence-corrected chi connectivity index (χ4v) is 5.54. The van der Waals surface area contributed by atoms with E-state index in [0.717, 1.165) is 35.7 Å². The normalized spacial score (nSPS) is 20.6. The van der Waals surface area contributed by atoms with Crippen LogP contribution in [0.2, 0.25) is 0 Å². The van der Waals surface area contributed by atoms with Gasteiger partial charge >= 0.3 is 0 Å². The minimum atomic E-state index is -0.280. The van der Waals surface area contributed by atoms with Crippen LogP contribution >= 0.6 is 24.0 Å². The molecule has 1 aliphatic heterocycles. The lowest BCUT2D eigenvalue weighted by Crippen LogP contribution is -2.34. The number of aryl methyl sites for hydroxylation is 1. The number of rotatable bonds is 2. The molecule has 3 N–H and O–H groups in total. The Morgan fingerprint density at radius 3 is 2.16 bits per heavy atom. The monoisotopic (exact) mass is 453 g/mol. The van der Waals surface area contributed by atoms with Gasteiger partial charge in [-0.15, -0.1) is 0 Å². The number of phenolic OH excluding ortho intramolecular Hbond substituents is 2. The van der Waals surface area contributed by atoms with Crippen LogP contribution in [0.25, 0.3) is 17.2 Å². The van der Waals surface area contributed by atoms with Crippen LogP contribution in [0.4, 0.5) is 0 Å². The van der Waals surface area contributed by atoms with Gasteiger partial charge in [0, 0.05) is 17.2 Å². The van der Waals surface area contributed by atoms with Crippen molar-refractivity contribution in [3.8, 4) is 22.6 Å². The second-order valence-electron chi connectivity index (χ2n) is 9.76. The first-order valence-electron chi connectivity index (χ1n) is 10.4. The van der Waals surface area contributed by atoms with Gasteiger partial charge in [-0.05, 0) is 71.1 Å². The maximum Gasteiger partial charge on any atom is 0.263 e. The third kappa shape index (κ3) is 3.87. The molecule has 0 radical (unpaired) electrons. The van der Waals surface area contributed by atoms with Crippen LogP contribution < -0.4 is 5.32 Å². The Morgan fingerprint density at radius 2 is 1.58 bits per heavy atom. The third-order valence-corrected chi connectivity index (χ3v) is 7.72. The molecule has 0 aromatic heterocycles. The van der Waals surface area contributed by atoms with Gasteiger partial charge in [-0.3, -0.25) is 4.79 Å². The lowest BCUT2D eigenvalue weighted by Gasteiger charge is -2.42. The van der Waals surface area contributed by atoms with E-state index in [1.54, 1.807) is 12.1 Å². The predicted molar refractivity (Wildman–Crippen MR) is 132 cm³/mol. The molecule has 0 spiro atoms. The molecule has 31 heavy (non-hydrogen) atoms. The zero-order chi connectivity index (χ0) is 22.7. The second kappa shape index (κ2) is 7.38. The number of thioether (sulfide) groups is 1. The summed E-state index contributed by atoms with van der Waals surface area (Å²) < 4.78 is 0.394. The number of thiocarbonyl (C=S) groups is 1. The highest BCUT2D eigenvalue weighted by atomic mass is 32.2. The van der Waals surface area contributed by atoms with Crippen molar-refractivity contribution in [3.63, 3.8) is 0 Å². The lowest BCUT2D eigenvalue weighted by atomic mass is 9.62. The van der Waals surface area contributed by atoms with Crippen molar-refractivity contribution in [1.29, 1.82) is 0 Å². The molecular weight excluding hydrogens is 426 g/mol. The number of carbonyl (C=O) groups is 1. The molecule has 0 bridgehead atoms. The van der Waals surface area contributed by atoms with Gasteiger partial charge in [0.05, 0.1) is 4.91 Å². The van der Waals surface area contributed by atoms with Gasteiger partial charge in [0.15, 0.2) is 0 Å². The van der Waals surface area contributed by atoms with Crippen LogP contribution in [0.15, 0.2) is 29.2 Å². The molecule has 4 nitrogen and oxygen atoms in total. The van der Waals surface area contributed by atoms with E-state index in [4.69, 9.17) is 12.2 Å². The van der Waals surface area contributed by atoms with Gasteiger partial charge in [-0.25, -0.2) is 0 Å². The molecule has 2 aromatic carbocycles. The number of hydrogen-bond acceptors (Lipinski definition) is 5. The molecule has 0 unspecified atom stereocenters. The molecule has 0 atom stereocenters. The molecule has 162 valence electrons. The minimum Gasteiger partial charge on any atom is -0.507 e. The van der Waals surface area contributed by atoms with Crippen molar-refractivity contribution < 1.29 is 15.0 Å². The first-order valence-corrected chi connectivity index (χ1v) is 11.6. The first-order chi connectivity index (χ1) is 14.4. The number of aromatic hydroxyl groups is 2. The molecular formula is C25H27NO3S2. The van der Waals surface area contributed by atoms with E-state index >= 15 is 0 Å². The van der Waals surface area contributed by atoms with Crippen molar-refractivity contribution in [1.82, 2.24) is 5.32 Å². The fraction of sp³-hybridized carbons (Fsp3) is 0.360. The zero-order valence-corrected chi connectivity index (χ0v) is 20.1. The molecule has 1 amide bonds. The van der Waals surface area contributed by atoms with E-state index in [1.165, 1.54) is 17.2 Å². The lowest BCUT2D eigenvalue weighted by molar-refractivity contribution is -0.115. The summed E-state index contributed by atoms with van der Waals surface area (Å²) >= 11 is 6.21. The predicted octanol–water partition coefficient (Wildman–Crippen LogP) is 5.91. The van der Waals surface area contributed by atoms with Crippen LogP contribution in [-0.2, 0) is 15.6 Å². The van der Waals surface area contributed by atoms with Crippen LogP contribution in [0.1, 0.15) is 62.8 Å². The SMILES string of the molecule is Cc1cc2c(cc1-c1cc(/C=C3\SC(=S)NC3=O)c(O)cc1O)C(C)(C)CCC2(C)C. The number of amides is 1. The summed E-state index contributed by atoms with van der Waals surface area (Å²) in [4.78, 5) is 12.5. The molecule has 0 saturated carbocycles. The largest absolute Gasteiger partial charge is 0.507 e. The molecule has 1 aliphatic carbocycles. The van der Waals surface area contributed by atoms with Gasteiger partial charge in [0.25, 0.3) is 5.91 Å². The highest BCUT2D eigenvalue weighted by Gasteiger charge is 2.37. The molecule has 2 aliphatic rings. The summed E-state index contributed by atoms with van der Waals surface area (Å²) in [5.74, 6) is -0.357. The van der Waals surface area contributed by atoms with E-state index in [-0.39, 0.29) is 28.2 Å². The Labute approximate surface area is 192 Å². The van der Waals surface area contributed by atoms with Crippen molar-refractivity contribution in [2.75, 3.05) is 0 Å². The van der Waals surface area contributed by atoms with Crippen molar-refractivity contribution in [3.05, 3.63) is 51.4 Å². The van der Waals surface area contributed by atoms with E-state index in [9.17, 15) is 15.0 Å². The number of carbonyl (C=O) groups excluding carboxylic acids is 1. The summed E-state index contributed by atoms with van der Waals surface area (Å²) in [7, 11) is 0. The summed E-state index contributed by atoms with van der Waals surface area (Å²) in [6.07, 6.45) is 3.84. The van der Waals surface area contributed by atoms with E-state index in [0.29, 0.717) is 20.4 Å². The van der Waals surface area contributed by atoms with E-state index in [2.05, 4.69) is 52.1 Å². The van der Waals surface area contributed by atoms with Crippen molar-refractivity contribution >= 4 is 40.3 Å². The number of hydrogen-bond donors (Lipinski definition) is 3. The summed E-state index contributed by atoms with van der Waals surface area (Å²) in [6, 6.07) is 7.52. The molecule has 2 aromatic rings. The standard InChI is InChI=1S/C25H27NO3S2/c1-13-8-17-18(25(4,5)7-6-24(17,2)3)11-15(13)16-9-14(19(27)12-20(16)28)10-21-22(29)26-23(30)31-21/h8-12,27-28H,6-7H2,1-5H3,(H,26,29,30)/b21-10-. The van der Waals surface area contributed by atoms with E-state index < -0.39 is 0 Å². The highest BCUT2D eigenvalue weighted by Crippen LogP contribution is 2.48. The molecule has 1 fully saturated rings. The summed E-state index contributed by atoms with van der Waals surface area (Å²) in [5, 5.41) is 23.7. The molecule has 1 heterocycles. The summed E-state index contributed by atoms with van der Waals surface area (Å²) in [6.45, 7) is 11.2. The maximum absolute atomic E-state index is 12.1. The molecule has 1 saturated heterocycles. The molecule has 6 heteroatoms. The van der Waals surface area contributed by atoms with Gasteiger partial charge in [-0.2, -0.15) is 0 Å². The second-order valence-corrected chi connectivity index (χ2v) is 11.5. The Balaban J connectivity index is 1.88. The topological polar surface area (TPSA) is 69.6 Å². The fourth-order valence-electron chi connectivity index (χ4n) is 4.50. The maximum atomic E-state index is 12.1. The van der Waals surface area contributed by atoms with Gasteiger partial charge < -0.3 is 15.5 Å². The summed E-state index contributed by atoms with van der Waals surface area (Å²) in [5.41, 5.74) is 5.90. The van der Waals surface area contributed by atoms with Crippen molar-refractivity contribution in [2.45, 2.75) is 58.3 Å². The molecule has 4 rings (SSSR count). The average molecular weight is 454 g/mol. The third-order valence-electron chi connectivity index (χ3n) is 6.56. The highest BCUT2D eigenvalue weighted by molar-refractivity contribution is 8.26. The number of nitrogens with one attached hydrogen (secondary N) is 1. The quantitative estimate of drug-likeness (QED) is 0.389. The van der Waals surface area contributed by atoms with Crippen LogP contribution in [-0.4, -0.2) is 20.4 Å². The average Bonchev–Trinajstić information content (AvgIpc) is 2.98. The number of phenols is 2. The van der Waals surface area contributed by atoms with Crippen molar-refractivity contribution in [2.24, 2.45) is 0 Å². The van der Waals surface area contributed by atoms with E-state index in [1.807, 2.05) is 0 Å². The zero-order valence-electron chi connectivity index (χ0n) is 18.4. The Bertz CT molecular complexity index is 1160. The Hall–Kier alpha value is -2.31. The number of benzene rings is 2. The minimum absolute atomic E-state index is 0.00891. The first kappa shape index (κ1) is 21.9. The Kier molecular flexibility index (Phi) is 5.22. The van der Waals surface area contributed by atoms with Gasteiger partial charge in [0.2, 0.25) is 0 Å². The smallest absolute Gasteiger partial charge is 0.263 e. The van der Waals surface area contributed by atoms with Crippen LogP contribution in [0, 0.1) is 6.92 Å². The van der Waals surface area contributed by atoms with Gasteiger partial charge in [-0.1, -0.05) is 57.7 Å².